The number of sulfone groups is 2. The molecule has 2 aliphatic heterocycles. The van der Waals surface area contributed by atoms with Crippen LogP contribution in [0.5, 0.6) is 0 Å². The molecule has 0 radical (unpaired) electrons. The van der Waals surface area contributed by atoms with Crippen molar-refractivity contribution in [3.8, 4) is 0 Å². The van der Waals surface area contributed by atoms with Gasteiger partial charge in [0.15, 0.2) is 29.2 Å². The van der Waals surface area contributed by atoms with Gasteiger partial charge in [0.1, 0.15) is 0 Å². The highest BCUT2D eigenvalue weighted by atomic mass is 32.2. The number of unbranched alkanes of at least 4 members (excludes halogenated alkanes) is 1. The normalized spacial score (nSPS) is 16.7. The van der Waals surface area contributed by atoms with E-state index < -0.39 is 41.0 Å². The highest BCUT2D eigenvalue weighted by Crippen LogP contribution is 2.37. The summed E-state index contributed by atoms with van der Waals surface area (Å²) >= 11 is 0. The predicted molar refractivity (Wildman–Crippen MR) is 210 cm³/mol. The summed E-state index contributed by atoms with van der Waals surface area (Å²) in [5.41, 5.74) is 4.61. The minimum atomic E-state index is -3.99. The SMILES string of the molecule is CC(C)OCCCNc1ccc(S(=O)(=O)C2(C(=O)NO)CCOCC2)cc1.CCCCOCCCNc1ccc(S(=O)(=O)C2(C(=O)NO)CCOCC2)cc1.[HH].[HH]. The van der Waals surface area contributed by atoms with E-state index in [1.807, 2.05) is 13.8 Å². The van der Waals surface area contributed by atoms with Gasteiger partial charge >= 0.3 is 0 Å². The van der Waals surface area contributed by atoms with Crippen molar-refractivity contribution in [1.29, 1.82) is 0 Å². The van der Waals surface area contributed by atoms with Gasteiger partial charge in [-0.3, -0.25) is 20.0 Å². The molecular weight excluding hydrogens is 757 g/mol. The Morgan fingerprint density at radius 2 is 1.07 bits per heavy atom. The molecule has 2 fully saturated rings. The van der Waals surface area contributed by atoms with E-state index in [9.17, 15) is 26.4 Å². The van der Waals surface area contributed by atoms with Gasteiger partial charge in [-0.2, -0.15) is 0 Å². The molecule has 0 bridgehead atoms. The Morgan fingerprint density at radius 3 is 1.44 bits per heavy atom. The zero-order chi connectivity index (χ0) is 40.4. The summed E-state index contributed by atoms with van der Waals surface area (Å²) in [6.45, 7) is 10.2. The fraction of sp³-hybridized carbons (Fsp3) is 0.622. The van der Waals surface area contributed by atoms with Crippen LogP contribution in [0.4, 0.5) is 11.4 Å². The van der Waals surface area contributed by atoms with Gasteiger partial charge in [-0.05, 0) is 107 Å². The molecule has 2 aromatic rings. The summed E-state index contributed by atoms with van der Waals surface area (Å²) in [4.78, 5) is 24.5. The molecule has 2 aliphatic rings. The van der Waals surface area contributed by atoms with Gasteiger partial charge in [-0.25, -0.2) is 27.8 Å². The first-order valence-corrected chi connectivity index (χ1v) is 21.7. The Morgan fingerprint density at radius 1 is 0.691 bits per heavy atom. The van der Waals surface area contributed by atoms with Crippen LogP contribution >= 0.6 is 0 Å². The maximum absolute atomic E-state index is 13.1. The average molecular weight is 819 g/mol. The number of anilines is 2. The molecule has 2 saturated heterocycles. The highest BCUT2D eigenvalue weighted by Gasteiger charge is 2.53. The van der Waals surface area contributed by atoms with Crippen molar-refractivity contribution in [2.45, 2.75) is 97.5 Å². The van der Waals surface area contributed by atoms with Crippen LogP contribution in [0.1, 0.15) is 75.0 Å². The van der Waals surface area contributed by atoms with E-state index in [1.54, 1.807) is 24.3 Å². The van der Waals surface area contributed by atoms with E-state index in [1.165, 1.54) is 35.2 Å². The average Bonchev–Trinajstić information content (AvgIpc) is 3.20. The highest BCUT2D eigenvalue weighted by molar-refractivity contribution is 7.94. The second kappa shape index (κ2) is 22.4. The van der Waals surface area contributed by atoms with Gasteiger partial charge in [-0.1, -0.05) is 13.3 Å². The fourth-order valence-corrected chi connectivity index (χ4v) is 10.1. The van der Waals surface area contributed by atoms with Crippen LogP contribution < -0.4 is 21.6 Å². The van der Waals surface area contributed by atoms with Crippen LogP contribution in [-0.2, 0) is 48.2 Å². The van der Waals surface area contributed by atoms with E-state index in [4.69, 9.17) is 29.4 Å². The molecule has 55 heavy (non-hydrogen) atoms. The number of rotatable bonds is 20. The van der Waals surface area contributed by atoms with E-state index in [-0.39, 0.29) is 70.9 Å². The van der Waals surface area contributed by atoms with Crippen LogP contribution in [0, 0.1) is 0 Å². The van der Waals surface area contributed by atoms with Crippen LogP contribution in [0.3, 0.4) is 0 Å². The number of hydrogen-bond acceptors (Lipinski definition) is 14. The van der Waals surface area contributed by atoms with Crippen molar-refractivity contribution in [1.82, 2.24) is 11.0 Å². The zero-order valence-corrected chi connectivity index (χ0v) is 33.6. The lowest BCUT2D eigenvalue weighted by molar-refractivity contribution is -0.135. The lowest BCUT2D eigenvalue weighted by Gasteiger charge is -2.34. The molecule has 0 aromatic heterocycles. The predicted octanol–water partition coefficient (Wildman–Crippen LogP) is 4.37. The third-order valence-corrected chi connectivity index (χ3v) is 14.6. The van der Waals surface area contributed by atoms with E-state index in [0.29, 0.717) is 26.3 Å². The van der Waals surface area contributed by atoms with Crippen molar-refractivity contribution in [2.24, 2.45) is 0 Å². The van der Waals surface area contributed by atoms with Crippen molar-refractivity contribution >= 4 is 42.9 Å². The Labute approximate surface area is 327 Å². The quantitative estimate of drug-likeness (QED) is 0.0620. The molecule has 2 aromatic carbocycles. The molecule has 6 N–H and O–H groups in total. The molecule has 18 heteroatoms. The van der Waals surface area contributed by atoms with Crippen molar-refractivity contribution < 1.29 is 58.6 Å². The number of nitrogens with one attached hydrogen (secondary N) is 4. The lowest BCUT2D eigenvalue weighted by atomic mass is 9.98. The number of amides is 2. The van der Waals surface area contributed by atoms with Crippen LogP contribution in [-0.4, -0.2) is 114 Å². The summed E-state index contributed by atoms with van der Waals surface area (Å²) in [6, 6.07) is 12.6. The van der Waals surface area contributed by atoms with E-state index >= 15 is 0 Å². The third-order valence-electron chi connectivity index (χ3n) is 9.53. The van der Waals surface area contributed by atoms with Gasteiger partial charge < -0.3 is 29.6 Å². The van der Waals surface area contributed by atoms with Gasteiger partial charge in [0.05, 0.1) is 15.9 Å². The summed E-state index contributed by atoms with van der Waals surface area (Å²) in [6.07, 6.45) is 4.05. The first-order valence-electron chi connectivity index (χ1n) is 18.7. The second-order valence-electron chi connectivity index (χ2n) is 13.6. The number of hydroxylamine groups is 2. The summed E-state index contributed by atoms with van der Waals surface area (Å²) < 4.78 is 70.5. The van der Waals surface area contributed by atoms with Crippen LogP contribution in [0.25, 0.3) is 0 Å². The molecule has 4 rings (SSSR count). The fourth-order valence-electron chi connectivity index (χ4n) is 6.18. The summed E-state index contributed by atoms with van der Waals surface area (Å²) in [5, 5.41) is 24.6. The van der Waals surface area contributed by atoms with Crippen molar-refractivity contribution in [2.75, 3.05) is 70.0 Å². The standard InChI is InChI=1S/C19H30N2O6S.C18H28N2O6S.2H2/c1-2-3-12-26-13-4-11-20-16-5-7-17(8-6-16)28(24,25)19(18(22)21-23)9-14-27-15-10-19;1-14(2)26-11-3-10-19-15-4-6-16(7-5-15)27(23,24)18(17(21)20-22)8-12-25-13-9-18;;/h5-8,20,23H,2-4,9-15H2,1H3,(H,21,22);4-7,14,19,22H,3,8-13H2,1-2H3,(H,20,21);2*1H. The number of benzene rings is 2. The first-order chi connectivity index (χ1) is 26.3. The molecule has 0 spiro atoms. The largest absolute Gasteiger partial charge is 0.385 e. The van der Waals surface area contributed by atoms with Gasteiger partial charge in [0.25, 0.3) is 11.8 Å². The first kappa shape index (κ1) is 46.0. The van der Waals surface area contributed by atoms with E-state index in [2.05, 4.69) is 17.6 Å². The van der Waals surface area contributed by atoms with Crippen LogP contribution in [0.15, 0.2) is 58.3 Å². The molecule has 0 saturated carbocycles. The molecule has 2 amide bonds. The monoisotopic (exact) mass is 818 g/mol. The maximum Gasteiger partial charge on any atom is 0.265 e. The third kappa shape index (κ3) is 12.1. The van der Waals surface area contributed by atoms with Gasteiger partial charge in [0, 0.05) is 73.6 Å². The Hall–Kier alpha value is -3.36. The minimum absolute atomic E-state index is 0. The molecule has 0 aliphatic carbocycles. The smallest absolute Gasteiger partial charge is 0.265 e. The van der Waals surface area contributed by atoms with Gasteiger partial charge in [-0.15, -0.1) is 0 Å². The Balaban J connectivity index is 0.000000551. The topological polar surface area (TPSA) is 228 Å². The Bertz CT molecular complexity index is 1690. The molecular formula is C37H62N4O12S2. The maximum atomic E-state index is 13.1. The molecule has 0 atom stereocenters. The molecule has 0 unspecified atom stereocenters. The number of ether oxygens (including phenoxy) is 4. The number of carbonyl (C=O) groups excluding carboxylic acids is 2. The number of hydrogen-bond donors (Lipinski definition) is 6. The van der Waals surface area contributed by atoms with Crippen molar-refractivity contribution in [3.63, 3.8) is 0 Å². The molecule has 16 nitrogen and oxygen atoms in total. The second-order valence-corrected chi connectivity index (χ2v) is 18.1. The molecule has 2 heterocycles. The number of carbonyl (C=O) groups is 2. The lowest BCUT2D eigenvalue weighted by Crippen LogP contribution is -2.54. The zero-order valence-electron chi connectivity index (χ0n) is 32.0. The van der Waals surface area contributed by atoms with Gasteiger partial charge in [0.2, 0.25) is 0 Å². The van der Waals surface area contributed by atoms with E-state index in [0.717, 1.165) is 43.7 Å². The van der Waals surface area contributed by atoms with Crippen LogP contribution in [0.2, 0.25) is 0 Å². The molecule has 314 valence electrons. The Kier molecular flexibility index (Phi) is 18.7. The summed E-state index contributed by atoms with van der Waals surface area (Å²) in [5.74, 6) is -1.83. The van der Waals surface area contributed by atoms with Crippen molar-refractivity contribution in [3.05, 3.63) is 48.5 Å². The minimum Gasteiger partial charge on any atom is -0.385 e. The summed E-state index contributed by atoms with van der Waals surface area (Å²) in [7, 11) is -7.98.